The topological polar surface area (TPSA) is 61.4 Å². The van der Waals surface area contributed by atoms with Crippen molar-refractivity contribution < 1.29 is 9.90 Å². The van der Waals surface area contributed by atoms with Crippen LogP contribution in [0.3, 0.4) is 0 Å². The van der Waals surface area contributed by atoms with E-state index >= 15 is 0 Å². The van der Waals surface area contributed by atoms with Crippen LogP contribution in [0, 0.1) is 0 Å². The van der Waals surface area contributed by atoms with E-state index in [9.17, 15) is 9.90 Å². The Balaban J connectivity index is 1.84. The van der Waals surface area contributed by atoms with Crippen LogP contribution < -0.4 is 10.6 Å². The van der Waals surface area contributed by atoms with E-state index in [0.717, 1.165) is 18.5 Å². The highest BCUT2D eigenvalue weighted by atomic mass is 16.3. The van der Waals surface area contributed by atoms with Crippen molar-refractivity contribution in [2.45, 2.75) is 84.0 Å². The molecule has 4 nitrogen and oxygen atoms in total. The number of aromatic hydroxyl groups is 1. The predicted molar refractivity (Wildman–Crippen MR) is 111 cm³/mol. The van der Waals surface area contributed by atoms with Gasteiger partial charge < -0.3 is 15.7 Å². The SMILES string of the molecule is CCCCCCCCCCCCCC(=O)NCCNc1ccc(O)cc1. The first-order valence-electron chi connectivity index (χ1n) is 10.5. The third-order valence-electron chi connectivity index (χ3n) is 4.65. The van der Waals surface area contributed by atoms with Gasteiger partial charge in [0.25, 0.3) is 0 Å². The molecule has 0 atom stereocenters. The molecule has 0 radical (unpaired) electrons. The maximum atomic E-state index is 11.8. The Morgan fingerprint density at radius 1 is 0.808 bits per heavy atom. The maximum absolute atomic E-state index is 11.8. The third-order valence-corrected chi connectivity index (χ3v) is 4.65. The van der Waals surface area contributed by atoms with Crippen LogP contribution in [0.15, 0.2) is 24.3 Å². The molecule has 0 aliphatic rings. The van der Waals surface area contributed by atoms with Crippen molar-refractivity contribution in [3.63, 3.8) is 0 Å². The number of anilines is 1. The van der Waals surface area contributed by atoms with Crippen molar-refractivity contribution in [1.82, 2.24) is 5.32 Å². The number of carbonyl (C=O) groups excluding carboxylic acids is 1. The summed E-state index contributed by atoms with van der Waals surface area (Å²) < 4.78 is 0. The minimum absolute atomic E-state index is 0.147. The second-order valence-corrected chi connectivity index (χ2v) is 7.11. The number of amides is 1. The van der Waals surface area contributed by atoms with E-state index < -0.39 is 0 Å². The van der Waals surface area contributed by atoms with Crippen LogP contribution in [0.25, 0.3) is 0 Å². The van der Waals surface area contributed by atoms with Gasteiger partial charge in [0.1, 0.15) is 5.75 Å². The van der Waals surface area contributed by atoms with Gasteiger partial charge in [0.2, 0.25) is 5.91 Å². The molecule has 0 bridgehead atoms. The Hall–Kier alpha value is -1.71. The van der Waals surface area contributed by atoms with Crippen LogP contribution in [-0.2, 0) is 4.79 Å². The summed E-state index contributed by atoms with van der Waals surface area (Å²) in [4.78, 5) is 11.8. The highest BCUT2D eigenvalue weighted by molar-refractivity contribution is 5.75. The third kappa shape index (κ3) is 12.6. The molecule has 1 aromatic carbocycles. The fourth-order valence-electron chi connectivity index (χ4n) is 3.03. The zero-order chi connectivity index (χ0) is 18.9. The minimum Gasteiger partial charge on any atom is -0.508 e. The lowest BCUT2D eigenvalue weighted by Crippen LogP contribution is -2.28. The van der Waals surface area contributed by atoms with Gasteiger partial charge in [0.05, 0.1) is 0 Å². The number of unbranched alkanes of at least 4 members (excludes halogenated alkanes) is 10. The summed E-state index contributed by atoms with van der Waals surface area (Å²) in [6.45, 7) is 3.57. The summed E-state index contributed by atoms with van der Waals surface area (Å²) in [6, 6.07) is 6.94. The zero-order valence-corrected chi connectivity index (χ0v) is 16.6. The molecule has 0 saturated carbocycles. The molecule has 0 fully saturated rings. The van der Waals surface area contributed by atoms with Gasteiger partial charge in [-0.1, -0.05) is 71.1 Å². The lowest BCUT2D eigenvalue weighted by molar-refractivity contribution is -0.121. The number of phenolic OH excluding ortho intramolecular Hbond substituents is 1. The van der Waals surface area contributed by atoms with Gasteiger partial charge in [-0.05, 0) is 30.7 Å². The minimum atomic E-state index is 0.147. The Bertz CT molecular complexity index is 460. The van der Waals surface area contributed by atoms with E-state index in [1.165, 1.54) is 57.8 Å². The summed E-state index contributed by atoms with van der Waals surface area (Å²) >= 11 is 0. The van der Waals surface area contributed by atoms with Crippen LogP contribution in [0.2, 0.25) is 0 Å². The fraction of sp³-hybridized carbons (Fsp3) is 0.682. The van der Waals surface area contributed by atoms with E-state index in [1.807, 2.05) is 12.1 Å². The van der Waals surface area contributed by atoms with Crippen LogP contribution in [0.1, 0.15) is 84.0 Å². The number of rotatable bonds is 16. The summed E-state index contributed by atoms with van der Waals surface area (Å²) in [5, 5.41) is 15.4. The molecular formula is C22H38N2O2. The van der Waals surface area contributed by atoms with E-state index in [0.29, 0.717) is 19.5 Å². The molecular weight excluding hydrogens is 324 g/mol. The zero-order valence-electron chi connectivity index (χ0n) is 16.6. The van der Waals surface area contributed by atoms with Crippen molar-refractivity contribution in [1.29, 1.82) is 0 Å². The van der Waals surface area contributed by atoms with Crippen molar-refractivity contribution in [2.75, 3.05) is 18.4 Å². The average Bonchev–Trinajstić information content (AvgIpc) is 2.65. The number of benzene rings is 1. The monoisotopic (exact) mass is 362 g/mol. The average molecular weight is 363 g/mol. The largest absolute Gasteiger partial charge is 0.508 e. The number of nitrogens with one attached hydrogen (secondary N) is 2. The van der Waals surface area contributed by atoms with Crippen LogP contribution in [0.4, 0.5) is 5.69 Å². The first kappa shape index (κ1) is 22.3. The van der Waals surface area contributed by atoms with Crippen LogP contribution in [0.5, 0.6) is 5.75 Å². The predicted octanol–water partition coefficient (Wildman–Crippen LogP) is 5.62. The second-order valence-electron chi connectivity index (χ2n) is 7.11. The molecule has 0 saturated heterocycles. The summed E-state index contributed by atoms with van der Waals surface area (Å²) in [5.74, 6) is 0.407. The number of hydrogen-bond acceptors (Lipinski definition) is 3. The standard InChI is InChI=1S/C22H38N2O2/c1-2-3-4-5-6-7-8-9-10-11-12-13-22(26)24-19-18-23-20-14-16-21(25)17-15-20/h14-17,23,25H,2-13,18-19H2,1H3,(H,24,26). The number of phenols is 1. The van der Waals surface area contributed by atoms with Crippen LogP contribution in [-0.4, -0.2) is 24.1 Å². The van der Waals surface area contributed by atoms with Crippen molar-refractivity contribution in [2.24, 2.45) is 0 Å². The molecule has 26 heavy (non-hydrogen) atoms. The Morgan fingerprint density at radius 3 is 1.92 bits per heavy atom. The van der Waals surface area contributed by atoms with Crippen LogP contribution >= 0.6 is 0 Å². The first-order valence-corrected chi connectivity index (χ1v) is 10.5. The molecule has 3 N–H and O–H groups in total. The Morgan fingerprint density at radius 2 is 1.35 bits per heavy atom. The van der Waals surface area contributed by atoms with Gasteiger partial charge in [-0.15, -0.1) is 0 Å². The summed E-state index contributed by atoms with van der Waals surface area (Å²) in [6.07, 6.45) is 15.0. The Kier molecular flexibility index (Phi) is 13.3. The van der Waals surface area contributed by atoms with E-state index in [4.69, 9.17) is 0 Å². The first-order chi connectivity index (χ1) is 12.7. The van der Waals surface area contributed by atoms with E-state index in [-0.39, 0.29) is 11.7 Å². The number of carbonyl (C=O) groups is 1. The molecule has 1 rings (SSSR count). The molecule has 4 heteroatoms. The van der Waals surface area contributed by atoms with Crippen molar-refractivity contribution >= 4 is 11.6 Å². The van der Waals surface area contributed by atoms with Crippen molar-refractivity contribution in [3.05, 3.63) is 24.3 Å². The van der Waals surface area contributed by atoms with Gasteiger partial charge in [-0.2, -0.15) is 0 Å². The highest BCUT2D eigenvalue weighted by Crippen LogP contribution is 2.13. The molecule has 148 valence electrons. The van der Waals surface area contributed by atoms with Gasteiger partial charge in [-0.3, -0.25) is 4.79 Å². The van der Waals surface area contributed by atoms with Gasteiger partial charge in [-0.25, -0.2) is 0 Å². The molecule has 0 aliphatic heterocycles. The second kappa shape index (κ2) is 15.5. The molecule has 0 spiro atoms. The maximum Gasteiger partial charge on any atom is 0.220 e. The molecule has 0 aliphatic carbocycles. The molecule has 0 heterocycles. The van der Waals surface area contributed by atoms with Gasteiger partial charge in [0.15, 0.2) is 0 Å². The quantitative estimate of drug-likeness (QED) is 0.264. The molecule has 1 amide bonds. The fourth-order valence-corrected chi connectivity index (χ4v) is 3.03. The molecule has 1 aromatic rings. The highest BCUT2D eigenvalue weighted by Gasteiger charge is 2.00. The molecule has 0 unspecified atom stereocenters. The number of hydrogen-bond donors (Lipinski definition) is 3. The summed E-state index contributed by atoms with van der Waals surface area (Å²) in [7, 11) is 0. The Labute approximate surface area is 159 Å². The smallest absolute Gasteiger partial charge is 0.220 e. The molecule has 0 aromatic heterocycles. The summed E-state index contributed by atoms with van der Waals surface area (Å²) in [5.41, 5.74) is 0.947. The lowest BCUT2D eigenvalue weighted by atomic mass is 10.1. The lowest BCUT2D eigenvalue weighted by Gasteiger charge is -2.08. The van der Waals surface area contributed by atoms with Gasteiger partial charge in [0, 0.05) is 25.2 Å². The van der Waals surface area contributed by atoms with E-state index in [1.54, 1.807) is 12.1 Å². The van der Waals surface area contributed by atoms with Gasteiger partial charge >= 0.3 is 0 Å². The van der Waals surface area contributed by atoms with Crippen molar-refractivity contribution in [3.8, 4) is 5.75 Å². The van der Waals surface area contributed by atoms with E-state index in [2.05, 4.69) is 17.6 Å². The normalized spacial score (nSPS) is 10.7.